The van der Waals surface area contributed by atoms with E-state index in [1.807, 2.05) is 12.1 Å². The highest BCUT2D eigenvalue weighted by Crippen LogP contribution is 2.52. The predicted molar refractivity (Wildman–Crippen MR) is 98.6 cm³/mol. The summed E-state index contributed by atoms with van der Waals surface area (Å²) >= 11 is 0. The van der Waals surface area contributed by atoms with Crippen LogP contribution < -0.4 is 10.5 Å². The molecular formula is C21H25NO3. The van der Waals surface area contributed by atoms with E-state index in [1.54, 1.807) is 7.11 Å². The molecule has 0 saturated carbocycles. The fourth-order valence-electron chi connectivity index (χ4n) is 3.95. The molecule has 1 amide bonds. The molecule has 0 aromatic heterocycles. The van der Waals surface area contributed by atoms with Gasteiger partial charge < -0.3 is 15.2 Å². The summed E-state index contributed by atoms with van der Waals surface area (Å²) in [6.07, 6.45) is 1.81. The SMILES string of the molecule is CCC1(CC)Cc2cc(-c3ccc(OC)cc3)ccc2C1OC(N)=O. The zero-order chi connectivity index (χ0) is 18.0. The minimum absolute atomic E-state index is 0.0735. The first-order chi connectivity index (χ1) is 12.0. The normalized spacial score (nSPS) is 17.8. The molecule has 1 unspecified atom stereocenters. The van der Waals surface area contributed by atoms with Gasteiger partial charge in [-0.3, -0.25) is 0 Å². The van der Waals surface area contributed by atoms with Gasteiger partial charge in [-0.1, -0.05) is 44.2 Å². The van der Waals surface area contributed by atoms with Crippen LogP contribution in [0.2, 0.25) is 0 Å². The molecule has 0 bridgehead atoms. The standard InChI is InChI=1S/C21H25NO3/c1-4-21(5-2)13-16-12-15(14-6-9-17(24-3)10-7-14)8-11-18(16)19(21)25-20(22)23/h6-12,19H,4-5,13H2,1-3H3,(H2,22,23). The van der Waals surface area contributed by atoms with Crippen molar-refractivity contribution < 1.29 is 14.3 Å². The van der Waals surface area contributed by atoms with Crippen molar-refractivity contribution in [1.82, 2.24) is 0 Å². The number of fused-ring (bicyclic) bond motifs is 1. The first kappa shape index (κ1) is 17.3. The van der Waals surface area contributed by atoms with Crippen LogP contribution in [0.3, 0.4) is 0 Å². The van der Waals surface area contributed by atoms with Crippen molar-refractivity contribution in [3.8, 4) is 16.9 Å². The van der Waals surface area contributed by atoms with Gasteiger partial charge in [0.2, 0.25) is 0 Å². The molecule has 25 heavy (non-hydrogen) atoms. The van der Waals surface area contributed by atoms with E-state index in [9.17, 15) is 4.79 Å². The smallest absolute Gasteiger partial charge is 0.405 e. The highest BCUT2D eigenvalue weighted by Gasteiger charge is 2.46. The average Bonchev–Trinajstić information content (AvgIpc) is 2.94. The highest BCUT2D eigenvalue weighted by atomic mass is 16.6. The molecule has 0 saturated heterocycles. The predicted octanol–water partition coefficient (Wildman–Crippen LogP) is 4.86. The van der Waals surface area contributed by atoms with Crippen molar-refractivity contribution in [1.29, 1.82) is 0 Å². The molecule has 1 aliphatic carbocycles. The highest BCUT2D eigenvalue weighted by molar-refractivity contribution is 5.68. The third-order valence-corrected chi connectivity index (χ3v) is 5.59. The van der Waals surface area contributed by atoms with Gasteiger partial charge in [0.05, 0.1) is 7.11 Å². The van der Waals surface area contributed by atoms with Crippen molar-refractivity contribution >= 4 is 6.09 Å². The Morgan fingerprint density at radius 3 is 2.32 bits per heavy atom. The van der Waals surface area contributed by atoms with Crippen molar-refractivity contribution in [2.75, 3.05) is 7.11 Å². The Morgan fingerprint density at radius 1 is 1.12 bits per heavy atom. The maximum absolute atomic E-state index is 11.4. The number of hydrogen-bond acceptors (Lipinski definition) is 3. The third kappa shape index (κ3) is 3.09. The first-order valence-corrected chi connectivity index (χ1v) is 8.76. The summed E-state index contributed by atoms with van der Waals surface area (Å²) in [4.78, 5) is 11.4. The summed E-state index contributed by atoms with van der Waals surface area (Å²) < 4.78 is 10.8. The third-order valence-electron chi connectivity index (χ3n) is 5.59. The van der Waals surface area contributed by atoms with Gasteiger partial charge in [-0.05, 0) is 53.6 Å². The Kier molecular flexibility index (Phi) is 4.71. The zero-order valence-electron chi connectivity index (χ0n) is 15.0. The molecule has 3 rings (SSSR count). The van der Waals surface area contributed by atoms with Crippen LogP contribution in [0.25, 0.3) is 11.1 Å². The minimum atomic E-state index is -0.705. The van der Waals surface area contributed by atoms with Crippen LogP contribution in [0.5, 0.6) is 5.75 Å². The van der Waals surface area contributed by atoms with Crippen molar-refractivity contribution in [3.05, 3.63) is 53.6 Å². The Labute approximate surface area is 148 Å². The Bertz CT molecular complexity index is 763. The number of primary amides is 1. The second kappa shape index (κ2) is 6.79. The molecule has 0 aliphatic heterocycles. The monoisotopic (exact) mass is 339 g/mol. The number of methoxy groups -OCH3 is 1. The van der Waals surface area contributed by atoms with Crippen molar-refractivity contribution in [2.24, 2.45) is 11.1 Å². The van der Waals surface area contributed by atoms with Gasteiger partial charge in [-0.2, -0.15) is 0 Å². The maximum atomic E-state index is 11.4. The van der Waals surface area contributed by atoms with Crippen LogP contribution in [-0.4, -0.2) is 13.2 Å². The van der Waals surface area contributed by atoms with Gasteiger partial charge in [-0.25, -0.2) is 4.79 Å². The van der Waals surface area contributed by atoms with E-state index in [1.165, 1.54) is 5.56 Å². The van der Waals surface area contributed by atoms with E-state index < -0.39 is 6.09 Å². The van der Waals surface area contributed by atoms with Crippen molar-refractivity contribution in [3.63, 3.8) is 0 Å². The fraction of sp³-hybridized carbons (Fsp3) is 0.381. The van der Waals surface area contributed by atoms with Crippen LogP contribution in [0, 0.1) is 5.41 Å². The van der Waals surface area contributed by atoms with E-state index in [2.05, 4.69) is 44.2 Å². The van der Waals surface area contributed by atoms with Crippen LogP contribution in [0.15, 0.2) is 42.5 Å². The maximum Gasteiger partial charge on any atom is 0.405 e. The summed E-state index contributed by atoms with van der Waals surface area (Å²) in [7, 11) is 1.67. The number of hydrogen-bond donors (Lipinski definition) is 1. The van der Waals surface area contributed by atoms with Gasteiger partial charge in [0.25, 0.3) is 0 Å². The Balaban J connectivity index is 1.99. The van der Waals surface area contributed by atoms with Crippen LogP contribution in [0.4, 0.5) is 4.79 Å². The molecule has 2 N–H and O–H groups in total. The molecule has 4 nitrogen and oxygen atoms in total. The number of carbonyl (C=O) groups excluding carboxylic acids is 1. The Morgan fingerprint density at radius 2 is 1.76 bits per heavy atom. The summed E-state index contributed by atoms with van der Waals surface area (Å²) in [5, 5.41) is 0. The van der Waals surface area contributed by atoms with Gasteiger partial charge in [0.15, 0.2) is 0 Å². The lowest BCUT2D eigenvalue weighted by Gasteiger charge is -2.32. The van der Waals surface area contributed by atoms with Crippen LogP contribution >= 0.6 is 0 Å². The van der Waals surface area contributed by atoms with Gasteiger partial charge in [0.1, 0.15) is 11.9 Å². The fourth-order valence-corrected chi connectivity index (χ4v) is 3.95. The van der Waals surface area contributed by atoms with Crippen molar-refractivity contribution in [2.45, 2.75) is 39.2 Å². The molecule has 4 heteroatoms. The lowest BCUT2D eigenvalue weighted by molar-refractivity contribution is 0.0140. The molecule has 0 fully saturated rings. The Hall–Kier alpha value is -2.49. The molecule has 0 spiro atoms. The molecule has 2 aromatic rings. The van der Waals surface area contributed by atoms with E-state index >= 15 is 0 Å². The molecular weight excluding hydrogens is 314 g/mol. The first-order valence-electron chi connectivity index (χ1n) is 8.76. The van der Waals surface area contributed by atoms with E-state index in [0.29, 0.717) is 0 Å². The average molecular weight is 339 g/mol. The number of nitrogens with two attached hydrogens (primary N) is 1. The topological polar surface area (TPSA) is 61.6 Å². The number of amides is 1. The minimum Gasteiger partial charge on any atom is -0.497 e. The summed E-state index contributed by atoms with van der Waals surface area (Å²) in [5.41, 5.74) is 9.88. The molecule has 1 aliphatic rings. The van der Waals surface area contributed by atoms with E-state index in [0.717, 1.165) is 41.7 Å². The van der Waals surface area contributed by atoms with Crippen LogP contribution in [0.1, 0.15) is 43.9 Å². The second-order valence-corrected chi connectivity index (χ2v) is 6.71. The number of benzene rings is 2. The second-order valence-electron chi connectivity index (χ2n) is 6.71. The largest absolute Gasteiger partial charge is 0.497 e. The molecule has 0 heterocycles. The number of rotatable bonds is 5. The summed E-state index contributed by atoms with van der Waals surface area (Å²) in [5.74, 6) is 0.843. The quantitative estimate of drug-likeness (QED) is 0.846. The number of ether oxygens (including phenoxy) is 2. The van der Waals surface area contributed by atoms with E-state index in [4.69, 9.17) is 15.2 Å². The number of carbonyl (C=O) groups is 1. The molecule has 0 radical (unpaired) electrons. The van der Waals surface area contributed by atoms with Gasteiger partial charge in [0, 0.05) is 5.41 Å². The zero-order valence-corrected chi connectivity index (χ0v) is 15.0. The lowest BCUT2D eigenvalue weighted by atomic mass is 9.77. The molecule has 1 atom stereocenters. The lowest BCUT2D eigenvalue weighted by Crippen LogP contribution is -2.30. The summed E-state index contributed by atoms with van der Waals surface area (Å²) in [6.45, 7) is 4.30. The van der Waals surface area contributed by atoms with Gasteiger partial charge >= 0.3 is 6.09 Å². The van der Waals surface area contributed by atoms with Crippen LogP contribution in [-0.2, 0) is 11.2 Å². The van der Waals surface area contributed by atoms with Gasteiger partial charge in [-0.15, -0.1) is 0 Å². The summed E-state index contributed by atoms with van der Waals surface area (Å²) in [6, 6.07) is 14.4. The molecule has 132 valence electrons. The van der Waals surface area contributed by atoms with E-state index in [-0.39, 0.29) is 11.5 Å². The molecule has 2 aromatic carbocycles.